The van der Waals surface area contributed by atoms with Crippen molar-refractivity contribution in [1.82, 2.24) is 0 Å². The molecule has 0 aliphatic carbocycles. The summed E-state index contributed by atoms with van der Waals surface area (Å²) in [5.74, 6) is -3.20. The van der Waals surface area contributed by atoms with Crippen molar-refractivity contribution in [2.24, 2.45) is 0 Å². The lowest BCUT2D eigenvalue weighted by Gasteiger charge is -2.40. The molecule has 0 aromatic carbocycles. The van der Waals surface area contributed by atoms with Crippen molar-refractivity contribution in [1.29, 1.82) is 0 Å². The number of unbranched alkanes of at least 4 members (excludes halogenated alkanes) is 18. The smallest absolute Gasteiger partial charge is 0.335 e. The summed E-state index contributed by atoms with van der Waals surface area (Å²) < 4.78 is 28.5. The van der Waals surface area contributed by atoms with Crippen LogP contribution in [0.5, 0.6) is 0 Å². The molecule has 1 aliphatic rings. The molecule has 0 spiro atoms. The number of esters is 3. The van der Waals surface area contributed by atoms with E-state index in [0.717, 1.165) is 154 Å². The van der Waals surface area contributed by atoms with Crippen molar-refractivity contribution in [3.8, 4) is 0 Å². The molecule has 0 aromatic rings. The summed E-state index contributed by atoms with van der Waals surface area (Å²) in [6.45, 7) is 5.71. The van der Waals surface area contributed by atoms with Gasteiger partial charge in [-0.1, -0.05) is 213 Å². The van der Waals surface area contributed by atoms with E-state index in [4.69, 9.17) is 23.7 Å². The Morgan fingerprint density at radius 1 is 0.420 bits per heavy atom. The van der Waals surface area contributed by atoms with E-state index >= 15 is 0 Å². The number of allylic oxidation sites excluding steroid dienone is 20. The zero-order valence-electron chi connectivity index (χ0n) is 50.5. The minimum atomic E-state index is -1.92. The molecule has 0 bridgehead atoms. The highest BCUT2D eigenvalue weighted by molar-refractivity contribution is 5.74. The van der Waals surface area contributed by atoms with Gasteiger partial charge in [0.25, 0.3) is 0 Å². The van der Waals surface area contributed by atoms with Gasteiger partial charge in [0.1, 0.15) is 18.8 Å². The van der Waals surface area contributed by atoms with Crippen LogP contribution in [0.1, 0.15) is 239 Å². The second-order valence-corrected chi connectivity index (χ2v) is 20.9. The number of aliphatic hydroxyl groups excluding tert-OH is 2. The predicted octanol–water partition coefficient (Wildman–Crippen LogP) is 16.8. The van der Waals surface area contributed by atoms with Gasteiger partial charge in [-0.25, -0.2) is 4.79 Å². The fourth-order valence-electron chi connectivity index (χ4n) is 8.73. The van der Waals surface area contributed by atoms with Crippen molar-refractivity contribution >= 4 is 23.9 Å². The lowest BCUT2D eigenvalue weighted by Crippen LogP contribution is -2.61. The third kappa shape index (κ3) is 45.3. The molecule has 12 nitrogen and oxygen atoms in total. The van der Waals surface area contributed by atoms with Crippen molar-refractivity contribution in [2.75, 3.05) is 13.2 Å². The molecule has 1 aliphatic heterocycles. The Morgan fingerprint density at radius 2 is 0.778 bits per heavy atom. The molecule has 6 unspecified atom stereocenters. The van der Waals surface area contributed by atoms with E-state index in [0.29, 0.717) is 19.3 Å². The molecule has 1 rings (SSSR count). The average Bonchev–Trinajstić information content (AvgIpc) is 3.53. The van der Waals surface area contributed by atoms with E-state index < -0.39 is 67.3 Å². The minimum Gasteiger partial charge on any atom is -0.479 e. The number of rotatable bonds is 52. The van der Waals surface area contributed by atoms with Gasteiger partial charge in [-0.05, 0) is 128 Å². The molecule has 3 N–H and O–H groups in total. The van der Waals surface area contributed by atoms with Crippen LogP contribution in [0.3, 0.4) is 0 Å². The fourth-order valence-corrected chi connectivity index (χ4v) is 8.73. The summed E-state index contributed by atoms with van der Waals surface area (Å²) in [7, 11) is 0. The summed E-state index contributed by atoms with van der Waals surface area (Å²) in [5.41, 5.74) is 0. The van der Waals surface area contributed by atoms with Gasteiger partial charge in [0, 0.05) is 19.3 Å². The van der Waals surface area contributed by atoms with Crippen LogP contribution in [0.15, 0.2) is 122 Å². The van der Waals surface area contributed by atoms with Gasteiger partial charge in [0.2, 0.25) is 0 Å². The van der Waals surface area contributed by atoms with Crippen LogP contribution in [0.4, 0.5) is 0 Å². The summed E-state index contributed by atoms with van der Waals surface area (Å²) >= 11 is 0. The molecule has 6 atom stereocenters. The third-order valence-electron chi connectivity index (χ3n) is 13.5. The molecule has 0 radical (unpaired) electrons. The number of aliphatic carboxylic acids is 1. The van der Waals surface area contributed by atoms with Crippen LogP contribution >= 0.6 is 0 Å². The van der Waals surface area contributed by atoms with E-state index in [1.807, 2.05) is 0 Å². The van der Waals surface area contributed by atoms with Gasteiger partial charge in [0.05, 0.1) is 6.61 Å². The Hall–Kier alpha value is -4.88. The lowest BCUT2D eigenvalue weighted by molar-refractivity contribution is -0.301. The number of ether oxygens (including phenoxy) is 5. The van der Waals surface area contributed by atoms with Crippen molar-refractivity contribution in [3.63, 3.8) is 0 Å². The van der Waals surface area contributed by atoms with Gasteiger partial charge in [-0.15, -0.1) is 0 Å². The SMILES string of the molecule is CC/C=C\C/C=C\C/C=C\C/C=C\CCCCCCC(=O)OC1C(OCC(COC(=O)CCCCCCCC/C=C\C/C=C\C/C=C\CCCCC)OC(=O)CCCCCCC/C=C\C/C=C\C/C=C\CC)OC(C(=O)O)C(O)C1O. The minimum absolute atomic E-state index is 0.0227. The molecule has 0 aromatic heterocycles. The van der Waals surface area contributed by atoms with Crippen LogP contribution in [0.2, 0.25) is 0 Å². The Kier molecular flexibility index (Phi) is 50.9. The number of carbonyl (C=O) groups excluding carboxylic acids is 3. The molecule has 0 saturated carbocycles. The zero-order valence-corrected chi connectivity index (χ0v) is 50.5. The zero-order chi connectivity index (χ0) is 58.9. The topological polar surface area (TPSA) is 175 Å². The van der Waals surface area contributed by atoms with Gasteiger partial charge < -0.3 is 39.0 Å². The first-order valence-electron chi connectivity index (χ1n) is 31.5. The quantitative estimate of drug-likeness (QED) is 0.0228. The van der Waals surface area contributed by atoms with Gasteiger partial charge in [-0.2, -0.15) is 0 Å². The monoisotopic (exact) mass is 1130 g/mol. The van der Waals surface area contributed by atoms with E-state index in [9.17, 15) is 34.5 Å². The fraction of sp³-hybridized carbons (Fsp3) is 0.652. The van der Waals surface area contributed by atoms with Crippen molar-refractivity contribution in [3.05, 3.63) is 122 Å². The third-order valence-corrected chi connectivity index (χ3v) is 13.5. The Bertz CT molecular complexity index is 1870. The molecule has 0 amide bonds. The summed E-state index contributed by atoms with van der Waals surface area (Å²) in [5, 5.41) is 31.6. The second-order valence-electron chi connectivity index (χ2n) is 20.9. The number of carbonyl (C=O) groups is 4. The Labute approximate surface area is 490 Å². The number of carboxylic acids is 1. The first-order chi connectivity index (χ1) is 39.6. The maximum absolute atomic E-state index is 13.2. The van der Waals surface area contributed by atoms with Crippen LogP contribution < -0.4 is 0 Å². The van der Waals surface area contributed by atoms with Crippen LogP contribution in [-0.2, 0) is 42.9 Å². The van der Waals surface area contributed by atoms with Crippen molar-refractivity contribution < 1.29 is 58.2 Å². The van der Waals surface area contributed by atoms with E-state index in [1.165, 1.54) is 25.7 Å². The van der Waals surface area contributed by atoms with Crippen LogP contribution in [0.25, 0.3) is 0 Å². The number of hydrogen-bond acceptors (Lipinski definition) is 11. The maximum Gasteiger partial charge on any atom is 0.335 e. The van der Waals surface area contributed by atoms with E-state index in [2.05, 4.69) is 142 Å². The highest BCUT2D eigenvalue weighted by Gasteiger charge is 2.50. The molecular formula is C69H110O12. The summed E-state index contributed by atoms with van der Waals surface area (Å²) in [4.78, 5) is 51.3. The van der Waals surface area contributed by atoms with Gasteiger partial charge >= 0.3 is 23.9 Å². The predicted molar refractivity (Wildman–Crippen MR) is 330 cm³/mol. The first-order valence-corrected chi connectivity index (χ1v) is 31.5. The number of carboxylic acid groups (broad SMARTS) is 1. The van der Waals surface area contributed by atoms with Crippen molar-refractivity contribution in [2.45, 2.75) is 276 Å². The molecule has 1 saturated heterocycles. The van der Waals surface area contributed by atoms with Gasteiger partial charge in [-0.3, -0.25) is 14.4 Å². The highest BCUT2D eigenvalue weighted by Crippen LogP contribution is 2.26. The molecule has 12 heteroatoms. The highest BCUT2D eigenvalue weighted by atomic mass is 16.7. The summed E-state index contributed by atoms with van der Waals surface area (Å²) in [6.07, 6.45) is 64.4. The lowest BCUT2D eigenvalue weighted by atomic mass is 9.98. The molecule has 1 heterocycles. The van der Waals surface area contributed by atoms with Gasteiger partial charge in [0.15, 0.2) is 24.6 Å². The Balaban J connectivity index is 2.71. The van der Waals surface area contributed by atoms with Crippen LogP contribution in [0, 0.1) is 0 Å². The van der Waals surface area contributed by atoms with Crippen LogP contribution in [-0.4, -0.2) is 89.2 Å². The number of aliphatic hydroxyl groups is 2. The largest absolute Gasteiger partial charge is 0.479 e. The number of hydrogen-bond donors (Lipinski definition) is 3. The van der Waals surface area contributed by atoms with E-state index in [1.54, 1.807) is 0 Å². The second kappa shape index (κ2) is 55.6. The molecule has 458 valence electrons. The molecule has 1 fully saturated rings. The average molecular weight is 1130 g/mol. The first kappa shape index (κ1) is 74.1. The summed E-state index contributed by atoms with van der Waals surface area (Å²) in [6, 6.07) is 0. The maximum atomic E-state index is 13.2. The van der Waals surface area contributed by atoms with E-state index in [-0.39, 0.29) is 25.9 Å². The normalized spacial score (nSPS) is 18.6. The Morgan fingerprint density at radius 3 is 1.19 bits per heavy atom. The molecule has 81 heavy (non-hydrogen) atoms. The molecular weight excluding hydrogens is 1020 g/mol. The standard InChI is InChI=1S/C69H110O12/c1-4-7-10-13-16-19-22-25-28-30-31-33-35-37-40-43-46-49-52-55-61(70)77-58-60(79-62(71)56-53-50-47-44-41-38-34-27-24-21-18-15-12-9-6-3)59-78-69-67(65(74)64(73)66(81-69)68(75)76)80-63(72)57-54-51-48-45-42-39-36-32-29-26-23-20-17-14-11-8-5-2/h8-9,11-12,16-21,25-29,31,33-34,36,39,60,64-67,69,73-74H,4-7,10,13-15,22-24,30,32,35,37-38,40-59H2,1-3H3,(H,75,76)/b11-8-,12-9-,19-16-,20-17-,21-18-,28-25-,29-26-,33-31-,34-27-,39-36-.